The Morgan fingerprint density at radius 2 is 0.696 bits per heavy atom. The Labute approximate surface area is 329 Å². The van der Waals surface area contributed by atoms with Gasteiger partial charge in [0.05, 0.1) is 0 Å². The summed E-state index contributed by atoms with van der Waals surface area (Å²) in [6.07, 6.45) is 9.38. The van der Waals surface area contributed by atoms with Gasteiger partial charge in [-0.1, -0.05) is 139 Å². The Morgan fingerprint density at radius 1 is 0.375 bits per heavy atom. The normalized spacial score (nSPS) is 15.1. The lowest BCUT2D eigenvalue weighted by Crippen LogP contribution is -2.46. The summed E-state index contributed by atoms with van der Waals surface area (Å²) in [5.41, 5.74) is 6.21. The van der Waals surface area contributed by atoms with E-state index < -0.39 is 0 Å². The lowest BCUT2D eigenvalue weighted by molar-refractivity contribution is 0.0508. The van der Waals surface area contributed by atoms with E-state index in [1.54, 1.807) is 0 Å². The number of unbranched alkanes of at least 4 members (excludes halogenated alkanes) is 4. The number of nitrogens with zero attached hydrogens (tertiary/aromatic N) is 2. The molecule has 0 bridgehead atoms. The Morgan fingerprint density at radius 3 is 1.05 bits per heavy atom. The average Bonchev–Trinajstić information content (AvgIpc) is 3.23. The lowest BCUT2D eigenvalue weighted by atomic mass is 9.84. The molecule has 6 aromatic carbocycles. The van der Waals surface area contributed by atoms with Gasteiger partial charge in [-0.3, -0.25) is 29.0 Å². The highest BCUT2D eigenvalue weighted by Gasteiger charge is 2.38. The molecule has 0 saturated carbocycles. The van der Waals surface area contributed by atoms with Crippen molar-refractivity contribution < 1.29 is 19.2 Å². The fraction of sp³-hybridized carbons (Fsp3) is 0.320. The largest absolute Gasteiger partial charge is 0.271 e. The van der Waals surface area contributed by atoms with Crippen LogP contribution in [-0.2, 0) is 0 Å². The molecule has 0 fully saturated rings. The molecule has 0 spiro atoms. The highest BCUT2D eigenvalue weighted by atomic mass is 16.2. The molecule has 2 atom stereocenters. The van der Waals surface area contributed by atoms with Crippen LogP contribution >= 0.6 is 0 Å². The van der Waals surface area contributed by atoms with E-state index >= 15 is 0 Å². The van der Waals surface area contributed by atoms with E-state index in [1.165, 1.54) is 9.80 Å². The van der Waals surface area contributed by atoms with Crippen molar-refractivity contribution in [3.63, 3.8) is 0 Å². The van der Waals surface area contributed by atoms with Gasteiger partial charge >= 0.3 is 0 Å². The second-order valence-electron chi connectivity index (χ2n) is 15.6. The Kier molecular flexibility index (Phi) is 10.3. The monoisotopic (exact) mass is 742 g/mol. The first-order valence-electron chi connectivity index (χ1n) is 20.7. The van der Waals surface area contributed by atoms with E-state index in [-0.39, 0.29) is 35.7 Å². The SMILES string of the molecule is CCCCCC(CC)N1C(=O)c2cccc3c(-c4ccc(-c5ccc6c7c(cccc57)C(=O)N(C(CC)CCCCC)C6=O)c5ccccc45)ccc(c23)C1=O. The first-order chi connectivity index (χ1) is 27.3. The molecule has 0 radical (unpaired) electrons. The molecule has 6 nitrogen and oxygen atoms in total. The number of fused-ring (bicyclic) bond motifs is 1. The van der Waals surface area contributed by atoms with Gasteiger partial charge in [0, 0.05) is 45.1 Å². The van der Waals surface area contributed by atoms with Crippen LogP contribution in [0.25, 0.3) is 54.6 Å². The van der Waals surface area contributed by atoms with Crippen LogP contribution in [-0.4, -0.2) is 45.5 Å². The molecular weight excluding hydrogens is 693 g/mol. The molecule has 0 N–H and O–H groups in total. The first-order valence-corrected chi connectivity index (χ1v) is 20.7. The smallest absolute Gasteiger partial charge is 0.261 e. The number of hydrogen-bond acceptors (Lipinski definition) is 4. The maximum Gasteiger partial charge on any atom is 0.261 e. The topological polar surface area (TPSA) is 74.8 Å². The van der Waals surface area contributed by atoms with Gasteiger partial charge in [0.1, 0.15) is 0 Å². The van der Waals surface area contributed by atoms with Crippen molar-refractivity contribution in [2.24, 2.45) is 0 Å². The number of imide groups is 2. The van der Waals surface area contributed by atoms with E-state index in [4.69, 9.17) is 0 Å². The van der Waals surface area contributed by atoms with Crippen molar-refractivity contribution in [2.45, 2.75) is 104 Å². The van der Waals surface area contributed by atoms with Crippen LogP contribution in [0.1, 0.15) is 133 Å². The third kappa shape index (κ3) is 6.01. The summed E-state index contributed by atoms with van der Waals surface area (Å²) in [7, 11) is 0. The van der Waals surface area contributed by atoms with Gasteiger partial charge in [0.2, 0.25) is 0 Å². The third-order valence-corrected chi connectivity index (χ3v) is 12.3. The van der Waals surface area contributed by atoms with E-state index in [9.17, 15) is 19.2 Å². The van der Waals surface area contributed by atoms with Gasteiger partial charge in [0.25, 0.3) is 23.6 Å². The zero-order valence-electron chi connectivity index (χ0n) is 33.0. The number of carbonyl (C=O) groups excluding carboxylic acids is 4. The van der Waals surface area contributed by atoms with Crippen LogP contribution in [0.2, 0.25) is 0 Å². The summed E-state index contributed by atoms with van der Waals surface area (Å²) >= 11 is 0. The Hall–Kier alpha value is -5.62. The number of hydrogen-bond donors (Lipinski definition) is 0. The molecular formula is C50H50N2O4. The van der Waals surface area contributed by atoms with Crippen LogP contribution in [0.15, 0.2) is 97.1 Å². The maximum absolute atomic E-state index is 14.1. The fourth-order valence-electron chi connectivity index (χ4n) is 9.42. The van der Waals surface area contributed by atoms with Crippen molar-refractivity contribution in [3.8, 4) is 22.3 Å². The molecule has 2 aliphatic rings. The van der Waals surface area contributed by atoms with Gasteiger partial charge in [-0.05, 0) is 93.7 Å². The minimum atomic E-state index is -0.210. The summed E-state index contributed by atoms with van der Waals surface area (Å²) in [5, 5.41) is 5.24. The lowest BCUT2D eigenvalue weighted by Gasteiger charge is -2.34. The highest BCUT2D eigenvalue weighted by molar-refractivity contribution is 6.29. The molecule has 6 heteroatoms. The molecule has 8 rings (SSSR count). The molecule has 2 heterocycles. The van der Waals surface area contributed by atoms with Gasteiger partial charge in [-0.15, -0.1) is 0 Å². The Bertz CT molecular complexity index is 2330. The minimum absolute atomic E-state index is 0.129. The summed E-state index contributed by atoms with van der Waals surface area (Å²) in [6, 6.07) is 31.8. The standard InChI is InChI=1S/C50H50N2O4/c1-5-9-11-17-31(7-3)51-47(53)41-23-15-21-39-37(27-29-43(45(39)41)49(51)55)35-25-26-36(34-20-14-13-19-33(34)35)38-28-30-44-46-40(38)22-16-24-42(46)48(54)52(50(44)56)32(8-4)18-12-10-6-2/h13-16,19-32H,5-12,17-18H2,1-4H3. The quantitative estimate of drug-likeness (QED) is 0.0822. The predicted molar refractivity (Wildman–Crippen MR) is 227 cm³/mol. The van der Waals surface area contributed by atoms with Gasteiger partial charge in [-0.25, -0.2) is 0 Å². The third-order valence-electron chi connectivity index (χ3n) is 12.3. The van der Waals surface area contributed by atoms with Crippen molar-refractivity contribution in [1.29, 1.82) is 0 Å². The van der Waals surface area contributed by atoms with E-state index in [0.717, 1.165) is 119 Å². The molecule has 2 unspecified atom stereocenters. The van der Waals surface area contributed by atoms with Gasteiger partial charge in [0.15, 0.2) is 0 Å². The van der Waals surface area contributed by atoms with Crippen molar-refractivity contribution in [3.05, 3.63) is 119 Å². The summed E-state index contributed by atoms with van der Waals surface area (Å²) < 4.78 is 0. The predicted octanol–water partition coefficient (Wildman–Crippen LogP) is 12.4. The van der Waals surface area contributed by atoms with Crippen LogP contribution in [0.5, 0.6) is 0 Å². The van der Waals surface area contributed by atoms with Crippen molar-refractivity contribution >= 4 is 55.9 Å². The van der Waals surface area contributed by atoms with Crippen LogP contribution in [0, 0.1) is 0 Å². The minimum Gasteiger partial charge on any atom is -0.271 e. The summed E-state index contributed by atoms with van der Waals surface area (Å²) in [4.78, 5) is 59.5. The maximum atomic E-state index is 14.1. The number of carbonyl (C=O) groups is 4. The van der Waals surface area contributed by atoms with Crippen molar-refractivity contribution in [2.75, 3.05) is 0 Å². The Balaban J connectivity index is 1.22. The van der Waals surface area contributed by atoms with E-state index in [0.29, 0.717) is 22.3 Å². The second kappa shape index (κ2) is 15.5. The van der Waals surface area contributed by atoms with Crippen molar-refractivity contribution in [1.82, 2.24) is 9.80 Å². The first kappa shape index (κ1) is 37.3. The molecule has 2 aliphatic heterocycles. The summed E-state index contributed by atoms with van der Waals surface area (Å²) in [6.45, 7) is 8.44. The zero-order chi connectivity index (χ0) is 39.1. The number of benzene rings is 6. The summed E-state index contributed by atoms with van der Waals surface area (Å²) in [5.74, 6) is -0.839. The zero-order valence-corrected chi connectivity index (χ0v) is 33.0. The second-order valence-corrected chi connectivity index (χ2v) is 15.6. The molecule has 4 amide bonds. The van der Waals surface area contributed by atoms with E-state index in [1.807, 2.05) is 72.8 Å². The average molecular weight is 743 g/mol. The molecule has 0 aromatic heterocycles. The van der Waals surface area contributed by atoms with Crippen LogP contribution in [0.3, 0.4) is 0 Å². The van der Waals surface area contributed by atoms with Crippen LogP contribution < -0.4 is 0 Å². The van der Waals surface area contributed by atoms with Gasteiger partial charge < -0.3 is 0 Å². The molecule has 284 valence electrons. The number of amides is 4. The fourth-order valence-corrected chi connectivity index (χ4v) is 9.42. The van der Waals surface area contributed by atoms with Crippen LogP contribution in [0.4, 0.5) is 0 Å². The molecule has 6 aromatic rings. The highest BCUT2D eigenvalue weighted by Crippen LogP contribution is 2.44. The van der Waals surface area contributed by atoms with Gasteiger partial charge in [-0.2, -0.15) is 0 Å². The van der Waals surface area contributed by atoms with E-state index in [2.05, 4.69) is 52.0 Å². The molecule has 0 aliphatic carbocycles. The number of rotatable bonds is 14. The molecule has 56 heavy (non-hydrogen) atoms. The molecule has 0 saturated heterocycles.